The number of nitro benzene ring substituents is 1. The highest BCUT2D eigenvalue weighted by Crippen LogP contribution is 2.25. The number of rotatable bonds is 4. The maximum absolute atomic E-state index is 12.8. The van der Waals surface area contributed by atoms with Gasteiger partial charge in [0.1, 0.15) is 0 Å². The van der Waals surface area contributed by atoms with Crippen LogP contribution in [0.2, 0.25) is 0 Å². The number of benzene rings is 2. The van der Waals surface area contributed by atoms with Gasteiger partial charge in [0, 0.05) is 44.0 Å². The van der Waals surface area contributed by atoms with Gasteiger partial charge in [-0.25, -0.2) is 8.42 Å². The van der Waals surface area contributed by atoms with Crippen molar-refractivity contribution in [2.45, 2.75) is 11.8 Å². The van der Waals surface area contributed by atoms with Crippen LogP contribution < -0.4 is 4.90 Å². The molecule has 0 spiro atoms. The molecule has 0 amide bonds. The minimum atomic E-state index is -3.73. The van der Waals surface area contributed by atoms with E-state index in [0.29, 0.717) is 26.2 Å². The van der Waals surface area contributed by atoms with E-state index in [1.807, 2.05) is 31.2 Å². The zero-order valence-electron chi connectivity index (χ0n) is 13.8. The quantitative estimate of drug-likeness (QED) is 0.617. The molecule has 1 aliphatic heterocycles. The van der Waals surface area contributed by atoms with E-state index < -0.39 is 14.9 Å². The third kappa shape index (κ3) is 3.49. The molecule has 25 heavy (non-hydrogen) atoms. The average molecular weight is 361 g/mol. The topological polar surface area (TPSA) is 83.8 Å². The van der Waals surface area contributed by atoms with Crippen molar-refractivity contribution in [2.75, 3.05) is 31.1 Å². The van der Waals surface area contributed by atoms with E-state index in [1.165, 1.54) is 22.5 Å². The molecule has 2 aromatic carbocycles. The number of nitro groups is 1. The van der Waals surface area contributed by atoms with Crippen LogP contribution in [0.15, 0.2) is 53.4 Å². The molecule has 1 heterocycles. The van der Waals surface area contributed by atoms with Crippen molar-refractivity contribution in [1.29, 1.82) is 0 Å². The van der Waals surface area contributed by atoms with Crippen LogP contribution in [-0.4, -0.2) is 43.8 Å². The first kappa shape index (κ1) is 17.4. The van der Waals surface area contributed by atoms with Crippen molar-refractivity contribution in [3.63, 3.8) is 0 Å². The molecule has 1 fully saturated rings. The van der Waals surface area contributed by atoms with Gasteiger partial charge in [-0.2, -0.15) is 4.31 Å². The minimum Gasteiger partial charge on any atom is -0.369 e. The smallest absolute Gasteiger partial charge is 0.270 e. The first-order valence-corrected chi connectivity index (χ1v) is 9.39. The lowest BCUT2D eigenvalue weighted by molar-refractivity contribution is -0.385. The highest BCUT2D eigenvalue weighted by molar-refractivity contribution is 7.89. The van der Waals surface area contributed by atoms with Crippen LogP contribution in [0.3, 0.4) is 0 Å². The second kappa shape index (κ2) is 6.81. The zero-order chi connectivity index (χ0) is 18.0. The Bertz CT molecular complexity index is 890. The molecule has 0 bridgehead atoms. The predicted molar refractivity (Wildman–Crippen MR) is 95.2 cm³/mol. The average Bonchev–Trinajstić information content (AvgIpc) is 2.62. The molecule has 0 atom stereocenters. The fourth-order valence-electron chi connectivity index (χ4n) is 2.99. The molecule has 0 radical (unpaired) electrons. The number of piperazine rings is 1. The van der Waals surface area contributed by atoms with E-state index in [2.05, 4.69) is 4.90 Å². The van der Waals surface area contributed by atoms with Gasteiger partial charge in [0.25, 0.3) is 5.69 Å². The predicted octanol–water partition coefficient (Wildman–Crippen LogP) is 2.41. The van der Waals surface area contributed by atoms with Crippen LogP contribution in [-0.2, 0) is 10.0 Å². The molecule has 1 aliphatic rings. The molecule has 0 unspecified atom stereocenters. The highest BCUT2D eigenvalue weighted by Gasteiger charge is 2.29. The summed E-state index contributed by atoms with van der Waals surface area (Å²) in [7, 11) is -3.73. The van der Waals surface area contributed by atoms with Gasteiger partial charge in [0.05, 0.1) is 9.82 Å². The Hall–Kier alpha value is -2.45. The number of anilines is 1. The Morgan fingerprint density at radius 1 is 1.00 bits per heavy atom. The maximum atomic E-state index is 12.8. The van der Waals surface area contributed by atoms with Crippen LogP contribution in [0.5, 0.6) is 0 Å². The van der Waals surface area contributed by atoms with Crippen LogP contribution in [0.25, 0.3) is 0 Å². The van der Waals surface area contributed by atoms with Crippen molar-refractivity contribution in [3.8, 4) is 0 Å². The summed E-state index contributed by atoms with van der Waals surface area (Å²) in [6.45, 7) is 3.89. The Labute approximate surface area is 146 Å². The lowest BCUT2D eigenvalue weighted by atomic mass is 10.1. The molecule has 3 rings (SSSR count). The van der Waals surface area contributed by atoms with E-state index in [-0.39, 0.29) is 10.6 Å². The van der Waals surface area contributed by atoms with Gasteiger partial charge >= 0.3 is 0 Å². The third-order valence-electron chi connectivity index (χ3n) is 4.36. The summed E-state index contributed by atoms with van der Waals surface area (Å²) in [5, 5.41) is 10.9. The summed E-state index contributed by atoms with van der Waals surface area (Å²) in [5.41, 5.74) is 2.03. The van der Waals surface area contributed by atoms with Crippen LogP contribution in [0.4, 0.5) is 11.4 Å². The molecular weight excluding hydrogens is 342 g/mol. The van der Waals surface area contributed by atoms with Crippen LogP contribution >= 0.6 is 0 Å². The molecule has 8 heteroatoms. The summed E-state index contributed by atoms with van der Waals surface area (Å²) >= 11 is 0. The third-order valence-corrected chi connectivity index (χ3v) is 6.26. The fourth-order valence-corrected chi connectivity index (χ4v) is 4.46. The van der Waals surface area contributed by atoms with Crippen molar-refractivity contribution in [1.82, 2.24) is 4.31 Å². The summed E-state index contributed by atoms with van der Waals surface area (Å²) in [6, 6.07) is 13.2. The number of aryl methyl sites for hydroxylation is 1. The Balaban J connectivity index is 1.77. The summed E-state index contributed by atoms with van der Waals surface area (Å²) < 4.78 is 26.9. The normalized spacial score (nSPS) is 16.0. The fraction of sp³-hybridized carbons (Fsp3) is 0.294. The number of hydrogen-bond acceptors (Lipinski definition) is 5. The molecule has 0 aromatic heterocycles. The monoisotopic (exact) mass is 361 g/mol. The lowest BCUT2D eigenvalue weighted by Gasteiger charge is -2.36. The van der Waals surface area contributed by atoms with Crippen molar-refractivity contribution >= 4 is 21.4 Å². The van der Waals surface area contributed by atoms with Crippen molar-refractivity contribution in [3.05, 3.63) is 64.2 Å². The molecule has 132 valence electrons. The standard InChI is InChI=1S/C17H19N3O4S/c1-14-5-2-3-8-17(14)18-9-11-19(12-10-18)25(23,24)16-7-4-6-15(13-16)20(21)22/h2-8,13H,9-12H2,1H3. The lowest BCUT2D eigenvalue weighted by Crippen LogP contribution is -2.48. The SMILES string of the molecule is Cc1ccccc1N1CCN(S(=O)(=O)c2cccc([N+](=O)[O-])c2)CC1. The van der Waals surface area contributed by atoms with Crippen molar-refractivity contribution in [2.24, 2.45) is 0 Å². The summed E-state index contributed by atoms with van der Waals surface area (Å²) in [4.78, 5) is 12.4. The number of sulfonamides is 1. The van der Waals surface area contributed by atoms with Gasteiger partial charge in [-0.15, -0.1) is 0 Å². The second-order valence-corrected chi connectivity index (χ2v) is 7.87. The van der Waals surface area contributed by atoms with E-state index in [4.69, 9.17) is 0 Å². The maximum Gasteiger partial charge on any atom is 0.270 e. The van der Waals surface area contributed by atoms with E-state index in [9.17, 15) is 18.5 Å². The van der Waals surface area contributed by atoms with Gasteiger partial charge in [-0.3, -0.25) is 10.1 Å². The molecule has 0 aliphatic carbocycles. The first-order valence-electron chi connectivity index (χ1n) is 7.95. The van der Waals surface area contributed by atoms with Gasteiger partial charge in [-0.1, -0.05) is 24.3 Å². The second-order valence-electron chi connectivity index (χ2n) is 5.93. The Morgan fingerprint density at radius 2 is 1.68 bits per heavy atom. The van der Waals surface area contributed by atoms with Crippen molar-refractivity contribution < 1.29 is 13.3 Å². The number of hydrogen-bond donors (Lipinski definition) is 0. The number of nitrogens with zero attached hydrogens (tertiary/aromatic N) is 3. The minimum absolute atomic E-state index is 0.0361. The largest absolute Gasteiger partial charge is 0.369 e. The molecule has 0 saturated carbocycles. The van der Waals surface area contributed by atoms with Gasteiger partial charge in [0.15, 0.2) is 0 Å². The van der Waals surface area contributed by atoms with E-state index in [1.54, 1.807) is 0 Å². The molecule has 2 aromatic rings. The highest BCUT2D eigenvalue weighted by atomic mass is 32.2. The zero-order valence-corrected chi connectivity index (χ0v) is 14.6. The van der Waals surface area contributed by atoms with E-state index >= 15 is 0 Å². The Morgan fingerprint density at radius 3 is 2.32 bits per heavy atom. The number of para-hydroxylation sites is 1. The van der Waals surface area contributed by atoms with Crippen LogP contribution in [0.1, 0.15) is 5.56 Å². The van der Waals surface area contributed by atoms with E-state index in [0.717, 1.165) is 17.3 Å². The van der Waals surface area contributed by atoms with Gasteiger partial charge < -0.3 is 4.90 Å². The molecule has 1 saturated heterocycles. The van der Waals surface area contributed by atoms with Gasteiger partial charge in [0.2, 0.25) is 10.0 Å². The summed E-state index contributed by atoms with van der Waals surface area (Å²) in [5.74, 6) is 0. The molecule has 0 N–H and O–H groups in total. The molecular formula is C17H19N3O4S. The first-order chi connectivity index (χ1) is 11.9. The van der Waals surface area contributed by atoms with Crippen LogP contribution in [0, 0.1) is 17.0 Å². The Kier molecular flexibility index (Phi) is 4.73. The summed E-state index contributed by atoms with van der Waals surface area (Å²) in [6.07, 6.45) is 0. The number of non-ortho nitro benzene ring substituents is 1. The van der Waals surface area contributed by atoms with Gasteiger partial charge in [-0.05, 0) is 24.6 Å². The molecule has 7 nitrogen and oxygen atoms in total.